The predicted octanol–water partition coefficient (Wildman–Crippen LogP) is 8.13. The molecule has 2 nitrogen and oxygen atoms in total. The van der Waals surface area contributed by atoms with Crippen molar-refractivity contribution < 1.29 is 9.90 Å². The van der Waals surface area contributed by atoms with Crippen LogP contribution in [0.4, 0.5) is 0 Å². The molecule has 0 fully saturated rings. The third-order valence-corrected chi connectivity index (χ3v) is 6.58. The van der Waals surface area contributed by atoms with Crippen molar-refractivity contribution in [2.75, 3.05) is 0 Å². The molecule has 0 radical (unpaired) electrons. The van der Waals surface area contributed by atoms with Crippen LogP contribution in [0.25, 0.3) is 0 Å². The molecule has 0 bridgehead atoms. The SMILES string of the molecule is CCCCCCCCCCCCCCCCCC(=O)[O-].C[C](C)(C)[Al+][C](C)(C)C. The third kappa shape index (κ3) is 35.8. The van der Waals surface area contributed by atoms with Crippen molar-refractivity contribution in [2.24, 2.45) is 0 Å². The van der Waals surface area contributed by atoms with E-state index in [1.165, 1.54) is 83.5 Å². The van der Waals surface area contributed by atoms with Gasteiger partial charge in [-0.05, 0) is 12.8 Å². The first kappa shape index (κ1) is 31.2. The summed E-state index contributed by atoms with van der Waals surface area (Å²) < 4.78 is 1.14. The van der Waals surface area contributed by atoms with Gasteiger partial charge in [0.2, 0.25) is 0 Å². The van der Waals surface area contributed by atoms with Gasteiger partial charge in [0.05, 0.1) is 0 Å². The van der Waals surface area contributed by atoms with Crippen LogP contribution in [0, 0.1) is 0 Å². The minimum absolute atomic E-state index is 0.234. The fourth-order valence-corrected chi connectivity index (χ4v) is 6.54. The molecular weight excluding hydrogens is 371 g/mol. The van der Waals surface area contributed by atoms with Gasteiger partial charge < -0.3 is 9.90 Å². The van der Waals surface area contributed by atoms with E-state index in [0.717, 1.165) is 12.8 Å². The van der Waals surface area contributed by atoms with Crippen molar-refractivity contribution in [3.05, 3.63) is 0 Å². The van der Waals surface area contributed by atoms with E-state index >= 15 is 0 Å². The molecule has 0 saturated heterocycles. The van der Waals surface area contributed by atoms with Gasteiger partial charge >= 0.3 is 65.3 Å². The van der Waals surface area contributed by atoms with Gasteiger partial charge in [0.1, 0.15) is 0 Å². The fourth-order valence-electron chi connectivity index (χ4n) is 3.94. The minimum atomic E-state index is -0.903. The molecule has 0 aliphatic carbocycles. The van der Waals surface area contributed by atoms with E-state index in [0.29, 0.717) is 23.8 Å². The Labute approximate surface area is 190 Å². The van der Waals surface area contributed by atoms with E-state index in [4.69, 9.17) is 0 Å². The first-order valence-electron chi connectivity index (χ1n) is 12.5. The zero-order chi connectivity index (χ0) is 22.6. The van der Waals surface area contributed by atoms with Crippen molar-refractivity contribution in [3.63, 3.8) is 0 Å². The van der Waals surface area contributed by atoms with Gasteiger partial charge in [-0.25, -0.2) is 0 Å². The predicted molar refractivity (Wildman–Crippen MR) is 130 cm³/mol. The number of carboxylic acid groups (broad SMARTS) is 1. The molecule has 0 aromatic heterocycles. The fraction of sp³-hybridized carbons (Fsp3) is 0.962. The normalized spacial score (nSPS) is 11.6. The molecule has 0 rings (SSSR count). The van der Waals surface area contributed by atoms with Crippen LogP contribution in [0.2, 0.25) is 8.55 Å². The van der Waals surface area contributed by atoms with Gasteiger partial charge in [-0.1, -0.05) is 96.8 Å². The van der Waals surface area contributed by atoms with Gasteiger partial charge in [-0.15, -0.1) is 0 Å². The Bertz CT molecular complexity index is 341. The first-order chi connectivity index (χ1) is 13.5. The molecule has 0 amide bonds. The van der Waals surface area contributed by atoms with Crippen LogP contribution in [0.15, 0.2) is 0 Å². The van der Waals surface area contributed by atoms with Gasteiger partial charge in [0.25, 0.3) is 0 Å². The van der Waals surface area contributed by atoms with E-state index in [-0.39, 0.29) is 6.42 Å². The summed E-state index contributed by atoms with van der Waals surface area (Å²) in [5.41, 5.74) is 0. The van der Waals surface area contributed by atoms with Crippen LogP contribution < -0.4 is 5.11 Å². The number of carbonyl (C=O) groups excluding carboxylic acids is 1. The Hall–Kier alpha value is 0.00247. The maximum absolute atomic E-state index is 10.2. The van der Waals surface area contributed by atoms with Crippen LogP contribution in [0.3, 0.4) is 0 Å². The van der Waals surface area contributed by atoms with Crippen molar-refractivity contribution in [3.8, 4) is 0 Å². The first-order valence-corrected chi connectivity index (χ1v) is 13.7. The average Bonchev–Trinajstić information content (AvgIpc) is 2.55. The second-order valence-electron chi connectivity index (χ2n) is 10.9. The molecule has 0 aromatic carbocycles. The summed E-state index contributed by atoms with van der Waals surface area (Å²) in [4.78, 5) is 10.2. The zero-order valence-electron chi connectivity index (χ0n) is 21.2. The topological polar surface area (TPSA) is 40.1 Å². The van der Waals surface area contributed by atoms with Crippen LogP contribution in [-0.4, -0.2) is 21.2 Å². The molecule has 0 saturated carbocycles. The van der Waals surface area contributed by atoms with E-state index < -0.39 is 5.97 Å². The van der Waals surface area contributed by atoms with Crippen LogP contribution in [0.5, 0.6) is 0 Å². The number of aliphatic carboxylic acids is 1. The standard InChI is InChI=1S/C18H36O2.2C4H9.Al/c1-2-3-4-5-6-7-8-9-10-11-12-13-14-15-16-17-18(19)20;2*1-4(2)3;/h2-17H2,1H3,(H,19,20);2*1-3H3;/q;;;+1/p-1. The molecule has 0 aromatic rings. The molecule has 0 heterocycles. The molecule has 0 N–H and O–H groups in total. The molecule has 0 aliphatic heterocycles. The molecule has 0 aliphatic rings. The molecule has 0 spiro atoms. The Kier molecular flexibility index (Phi) is 21.4. The quantitative estimate of drug-likeness (QED) is 0.185. The van der Waals surface area contributed by atoms with Crippen molar-refractivity contribution >= 4 is 21.2 Å². The Balaban J connectivity index is 0. The summed E-state index contributed by atoms with van der Waals surface area (Å²) in [6.07, 6.45) is 19.9. The molecule has 29 heavy (non-hydrogen) atoms. The Morgan fingerprint density at radius 3 is 1.07 bits per heavy atom. The molecule has 0 atom stereocenters. The van der Waals surface area contributed by atoms with Gasteiger partial charge in [0, 0.05) is 5.97 Å². The van der Waals surface area contributed by atoms with E-state index in [1.54, 1.807) is 0 Å². The summed E-state index contributed by atoms with van der Waals surface area (Å²) in [7, 11) is 0. The average molecular weight is 425 g/mol. The molecule has 172 valence electrons. The maximum atomic E-state index is 10.2. The number of hydrogen-bond donors (Lipinski definition) is 0. The van der Waals surface area contributed by atoms with Gasteiger partial charge in [0.15, 0.2) is 0 Å². The summed E-state index contributed by atoms with van der Waals surface area (Å²) in [5, 5.41) is 10.2. The summed E-state index contributed by atoms with van der Waals surface area (Å²) in [5.74, 6) is -0.903. The number of carboxylic acids is 1. The summed E-state index contributed by atoms with van der Waals surface area (Å²) in [6, 6.07) is 0. The zero-order valence-corrected chi connectivity index (χ0v) is 22.4. The second-order valence-corrected chi connectivity index (χ2v) is 14.7. The van der Waals surface area contributed by atoms with Crippen LogP contribution in [0.1, 0.15) is 151 Å². The van der Waals surface area contributed by atoms with E-state index in [1.807, 2.05) is 0 Å². The van der Waals surface area contributed by atoms with Crippen molar-refractivity contribution in [1.29, 1.82) is 0 Å². The number of carbonyl (C=O) groups is 1. The number of unbranched alkanes of at least 4 members (excludes halogenated alkanes) is 14. The number of hydrogen-bond acceptors (Lipinski definition) is 2. The molecule has 3 heteroatoms. The third-order valence-electron chi connectivity index (χ3n) is 4.85. The van der Waals surface area contributed by atoms with Gasteiger partial charge in [-0.3, -0.25) is 0 Å². The summed E-state index contributed by atoms with van der Waals surface area (Å²) >= 11 is 0.569. The second kappa shape index (κ2) is 19.9. The Morgan fingerprint density at radius 2 is 0.862 bits per heavy atom. The molecular formula is C26H53AlO2. The summed E-state index contributed by atoms with van der Waals surface area (Å²) in [6.45, 7) is 16.2. The monoisotopic (exact) mass is 424 g/mol. The Morgan fingerprint density at radius 1 is 0.586 bits per heavy atom. The number of rotatable bonds is 16. The van der Waals surface area contributed by atoms with E-state index in [9.17, 15) is 9.90 Å². The van der Waals surface area contributed by atoms with E-state index in [2.05, 4.69) is 48.5 Å². The van der Waals surface area contributed by atoms with Crippen molar-refractivity contribution in [1.82, 2.24) is 0 Å². The van der Waals surface area contributed by atoms with Crippen LogP contribution in [-0.2, 0) is 4.79 Å². The van der Waals surface area contributed by atoms with Gasteiger partial charge in [-0.2, -0.15) is 0 Å². The molecule has 0 unspecified atom stereocenters. The van der Waals surface area contributed by atoms with Crippen LogP contribution >= 0.6 is 0 Å². The van der Waals surface area contributed by atoms with Crippen molar-refractivity contribution in [2.45, 2.75) is 160 Å².